The van der Waals surface area contributed by atoms with Gasteiger partial charge in [-0.05, 0) is 13.3 Å². The lowest BCUT2D eigenvalue weighted by atomic mass is 10.1. The topological polar surface area (TPSA) is 150 Å². The van der Waals surface area contributed by atoms with Gasteiger partial charge in [-0.2, -0.15) is 0 Å². The average Bonchev–Trinajstić information content (AvgIpc) is 2.15. The summed E-state index contributed by atoms with van der Waals surface area (Å²) in [6.07, 6.45) is -1.45. The van der Waals surface area contributed by atoms with Crippen LogP contribution in [0.15, 0.2) is 0 Å². The summed E-state index contributed by atoms with van der Waals surface area (Å²) in [4.78, 5) is 22.2. The maximum atomic E-state index is 11.5. The Morgan fingerprint density at radius 3 is 2.12 bits per heavy atom. The van der Waals surface area contributed by atoms with E-state index in [0.29, 0.717) is 0 Å². The molecule has 16 heavy (non-hydrogen) atoms. The lowest BCUT2D eigenvalue weighted by Crippen LogP contribution is -2.64. The van der Waals surface area contributed by atoms with E-state index in [9.17, 15) is 14.8 Å². The molecule has 0 bridgehead atoms. The summed E-state index contributed by atoms with van der Waals surface area (Å²) >= 11 is 0. The molecule has 7 N–H and O–H groups in total. The van der Waals surface area contributed by atoms with Crippen molar-refractivity contribution >= 4 is 11.9 Å². The molecule has 8 nitrogen and oxygen atoms in total. The third kappa shape index (κ3) is 3.14. The molecule has 0 aromatic rings. The van der Waals surface area contributed by atoms with Gasteiger partial charge in [0.1, 0.15) is 5.66 Å². The molecule has 0 radical (unpaired) electrons. The number of carbonyl (C=O) groups excluding carboxylic acids is 1. The van der Waals surface area contributed by atoms with Crippen LogP contribution in [0, 0.1) is 0 Å². The number of carboxylic acids is 1. The zero-order chi connectivity index (χ0) is 13.1. The van der Waals surface area contributed by atoms with Crippen molar-refractivity contribution in [2.24, 2.45) is 11.5 Å². The fourth-order valence-corrected chi connectivity index (χ4v) is 1.01. The molecule has 0 heterocycles. The maximum Gasteiger partial charge on any atom is 0.331 e. The van der Waals surface area contributed by atoms with Crippen molar-refractivity contribution < 1.29 is 25.0 Å². The molecule has 94 valence electrons. The van der Waals surface area contributed by atoms with Crippen LogP contribution in [0.4, 0.5) is 0 Å². The van der Waals surface area contributed by atoms with Gasteiger partial charge in [-0.25, -0.2) is 9.86 Å². The first-order chi connectivity index (χ1) is 7.15. The van der Waals surface area contributed by atoms with Gasteiger partial charge in [0.2, 0.25) is 0 Å². The van der Waals surface area contributed by atoms with Gasteiger partial charge in [0, 0.05) is 0 Å². The van der Waals surface area contributed by atoms with E-state index < -0.39 is 29.7 Å². The predicted octanol–water partition coefficient (Wildman–Crippen LogP) is -1.94. The molecule has 8 heteroatoms. The first-order valence-corrected chi connectivity index (χ1v) is 4.66. The molecule has 0 aromatic carbocycles. The van der Waals surface area contributed by atoms with Gasteiger partial charge >= 0.3 is 5.97 Å². The highest BCUT2D eigenvalue weighted by Crippen LogP contribution is 2.09. The molecule has 2 atom stereocenters. The number of hydrogen-bond donors (Lipinski definition) is 5. The second-order valence-electron chi connectivity index (χ2n) is 3.57. The number of amides is 1. The van der Waals surface area contributed by atoms with Crippen LogP contribution in [0.1, 0.15) is 20.3 Å². The molecule has 0 rings (SSSR count). The Morgan fingerprint density at radius 1 is 1.44 bits per heavy atom. The molecular weight excluding hydrogens is 218 g/mol. The summed E-state index contributed by atoms with van der Waals surface area (Å²) in [6, 6.07) is -1.80. The summed E-state index contributed by atoms with van der Waals surface area (Å²) in [5, 5.41) is 27.1. The zero-order valence-electron chi connectivity index (χ0n) is 9.12. The number of hydrogen-bond acceptors (Lipinski definition) is 6. The van der Waals surface area contributed by atoms with Crippen molar-refractivity contribution in [3.63, 3.8) is 0 Å². The van der Waals surface area contributed by atoms with E-state index in [-0.39, 0.29) is 11.5 Å². The number of rotatable bonds is 5. The number of carboxylic acid groups (broad SMARTS) is 1. The summed E-state index contributed by atoms with van der Waals surface area (Å²) in [6.45, 7) is 2.62. The molecular formula is C8H17N3O5. The molecule has 0 aliphatic rings. The number of nitrogens with zero attached hydrogens (tertiary/aromatic N) is 1. The van der Waals surface area contributed by atoms with Crippen LogP contribution in [0.25, 0.3) is 0 Å². The van der Waals surface area contributed by atoms with E-state index in [1.165, 1.54) is 6.92 Å². The number of nitrogens with two attached hydrogens (primary N) is 2. The van der Waals surface area contributed by atoms with E-state index in [1.807, 2.05) is 0 Å². The Bertz CT molecular complexity index is 279. The Kier molecular flexibility index (Phi) is 4.81. The van der Waals surface area contributed by atoms with Crippen molar-refractivity contribution in [3.8, 4) is 0 Å². The van der Waals surface area contributed by atoms with Crippen molar-refractivity contribution in [1.82, 2.24) is 5.06 Å². The molecule has 0 spiro atoms. The van der Waals surface area contributed by atoms with E-state index in [0.717, 1.165) is 6.92 Å². The van der Waals surface area contributed by atoms with Gasteiger partial charge in [0.15, 0.2) is 6.04 Å². The maximum absolute atomic E-state index is 11.5. The molecule has 2 unspecified atom stereocenters. The zero-order valence-corrected chi connectivity index (χ0v) is 9.12. The quantitative estimate of drug-likeness (QED) is 0.211. The highest BCUT2D eigenvalue weighted by molar-refractivity contribution is 5.88. The molecule has 0 fully saturated rings. The molecule has 0 saturated carbocycles. The lowest BCUT2D eigenvalue weighted by Gasteiger charge is -2.30. The van der Waals surface area contributed by atoms with Gasteiger partial charge in [0.25, 0.3) is 5.91 Å². The van der Waals surface area contributed by atoms with E-state index >= 15 is 0 Å². The second-order valence-corrected chi connectivity index (χ2v) is 3.57. The first-order valence-electron chi connectivity index (χ1n) is 4.66. The number of carbonyl (C=O) groups is 2. The third-order valence-electron chi connectivity index (χ3n) is 2.16. The van der Waals surface area contributed by atoms with Gasteiger partial charge in [-0.3, -0.25) is 10.0 Å². The van der Waals surface area contributed by atoms with Crippen LogP contribution in [-0.4, -0.2) is 50.2 Å². The highest BCUT2D eigenvalue weighted by Gasteiger charge is 2.40. The van der Waals surface area contributed by atoms with E-state index in [1.54, 1.807) is 0 Å². The number of aliphatic carboxylic acids is 1. The van der Waals surface area contributed by atoms with Crippen LogP contribution in [0.2, 0.25) is 0 Å². The molecule has 0 aliphatic carbocycles. The smallest absolute Gasteiger partial charge is 0.331 e. The molecule has 0 saturated heterocycles. The summed E-state index contributed by atoms with van der Waals surface area (Å²) in [7, 11) is 0. The largest absolute Gasteiger partial charge is 0.480 e. The summed E-state index contributed by atoms with van der Waals surface area (Å²) in [5.74, 6) is -2.72. The first kappa shape index (κ1) is 14.8. The van der Waals surface area contributed by atoms with Crippen LogP contribution in [-0.2, 0) is 9.59 Å². The summed E-state index contributed by atoms with van der Waals surface area (Å²) in [5.41, 5.74) is 8.84. The van der Waals surface area contributed by atoms with E-state index in [2.05, 4.69) is 0 Å². The third-order valence-corrected chi connectivity index (χ3v) is 2.16. The number of aliphatic hydroxyl groups excluding tert-OH is 1. The normalized spacial score (nSPS) is 15.4. The second kappa shape index (κ2) is 5.21. The Labute approximate surface area is 92.4 Å². The minimum absolute atomic E-state index is 0.00897. The van der Waals surface area contributed by atoms with Gasteiger partial charge in [-0.1, -0.05) is 6.92 Å². The van der Waals surface area contributed by atoms with Crippen LogP contribution >= 0.6 is 0 Å². The number of aliphatic hydroxyl groups is 1. The highest BCUT2D eigenvalue weighted by atomic mass is 16.5. The van der Waals surface area contributed by atoms with Gasteiger partial charge in [-0.15, -0.1) is 0 Å². The summed E-state index contributed by atoms with van der Waals surface area (Å²) < 4.78 is 0. The minimum atomic E-state index is -1.86. The van der Waals surface area contributed by atoms with Crippen molar-refractivity contribution in [2.45, 2.75) is 38.1 Å². The minimum Gasteiger partial charge on any atom is -0.480 e. The SMILES string of the molecule is CCC(N)(N)C(=O)N(O)C(C(=O)O)C(C)O. The fourth-order valence-electron chi connectivity index (χ4n) is 1.01. The molecule has 0 aliphatic heterocycles. The van der Waals surface area contributed by atoms with Crippen LogP contribution < -0.4 is 11.5 Å². The van der Waals surface area contributed by atoms with Crippen molar-refractivity contribution in [2.75, 3.05) is 0 Å². The predicted molar refractivity (Wildman–Crippen MR) is 53.1 cm³/mol. The Hall–Kier alpha value is -1.22. The van der Waals surface area contributed by atoms with Crippen LogP contribution in [0.5, 0.6) is 0 Å². The average molecular weight is 235 g/mol. The van der Waals surface area contributed by atoms with Crippen molar-refractivity contribution in [1.29, 1.82) is 0 Å². The Morgan fingerprint density at radius 2 is 1.88 bits per heavy atom. The molecule has 1 amide bonds. The standard InChI is InChI=1S/C8H17N3O5/c1-3-8(9,10)7(15)11(16)5(4(2)12)6(13)14/h4-5,12,16H,3,9-10H2,1-2H3,(H,13,14). The monoisotopic (exact) mass is 235 g/mol. The molecule has 0 aromatic heterocycles. The van der Waals surface area contributed by atoms with Gasteiger partial charge < -0.3 is 21.7 Å². The van der Waals surface area contributed by atoms with Crippen molar-refractivity contribution in [3.05, 3.63) is 0 Å². The van der Waals surface area contributed by atoms with Crippen LogP contribution in [0.3, 0.4) is 0 Å². The number of hydroxylamine groups is 2. The Balaban J connectivity index is 4.96. The van der Waals surface area contributed by atoms with Gasteiger partial charge in [0.05, 0.1) is 6.10 Å². The lowest BCUT2D eigenvalue weighted by molar-refractivity contribution is -0.199. The fraction of sp³-hybridized carbons (Fsp3) is 0.750. The van der Waals surface area contributed by atoms with E-state index in [4.69, 9.17) is 21.7 Å².